The molecular weight excluding hydrogens is 268 g/mol. The Balaban J connectivity index is 2.73. The fourth-order valence-corrected chi connectivity index (χ4v) is 3.51. The predicted molar refractivity (Wildman–Crippen MR) is 94.9 cm³/mol. The number of aryl methyl sites for hydroxylation is 4. The first-order valence-corrected chi connectivity index (χ1v) is 8.10. The quantitative estimate of drug-likeness (QED) is 0.767. The lowest BCUT2D eigenvalue weighted by atomic mass is 9.78. The van der Waals surface area contributed by atoms with Gasteiger partial charge >= 0.3 is 0 Å². The Labute approximate surface area is 135 Å². The van der Waals surface area contributed by atoms with Gasteiger partial charge in [-0.15, -0.1) is 0 Å². The maximum absolute atomic E-state index is 10.6. The van der Waals surface area contributed by atoms with E-state index in [2.05, 4.69) is 59.7 Å². The van der Waals surface area contributed by atoms with Gasteiger partial charge in [-0.3, -0.25) is 0 Å². The molecule has 0 aliphatic heterocycles. The summed E-state index contributed by atoms with van der Waals surface area (Å²) in [5.41, 5.74) is 8.51. The second-order valence-electron chi connectivity index (χ2n) is 7.04. The van der Waals surface area contributed by atoms with Crippen LogP contribution < -0.4 is 0 Å². The molecule has 0 bridgehead atoms. The molecule has 0 aliphatic rings. The standard InChI is InChI=1S/C21H28O/c1-12(2)20(18-10-13(3)8-15(5)17(18)7)19-11-14(4)9-16(6)21(19)22/h8-12,20,22H,1-7H3. The molecule has 0 aromatic heterocycles. The molecule has 2 aromatic rings. The van der Waals surface area contributed by atoms with E-state index in [4.69, 9.17) is 0 Å². The molecule has 1 nitrogen and oxygen atoms in total. The van der Waals surface area contributed by atoms with Gasteiger partial charge in [0.15, 0.2) is 0 Å². The van der Waals surface area contributed by atoms with Crippen LogP contribution in [-0.2, 0) is 0 Å². The normalized spacial score (nSPS) is 12.7. The van der Waals surface area contributed by atoms with Crippen LogP contribution in [0.5, 0.6) is 5.75 Å². The summed E-state index contributed by atoms with van der Waals surface area (Å²) in [6.45, 7) is 15.1. The number of aromatic hydroxyl groups is 1. The lowest BCUT2D eigenvalue weighted by Crippen LogP contribution is -2.12. The molecule has 2 aromatic carbocycles. The number of benzene rings is 2. The van der Waals surface area contributed by atoms with Crippen molar-refractivity contribution in [1.82, 2.24) is 0 Å². The van der Waals surface area contributed by atoms with Gasteiger partial charge in [0, 0.05) is 11.5 Å². The molecule has 22 heavy (non-hydrogen) atoms. The first-order chi connectivity index (χ1) is 10.2. The molecule has 0 fully saturated rings. The molecule has 118 valence electrons. The van der Waals surface area contributed by atoms with Gasteiger partial charge in [-0.1, -0.05) is 49.2 Å². The highest BCUT2D eigenvalue weighted by atomic mass is 16.3. The Kier molecular flexibility index (Phi) is 4.65. The Bertz CT molecular complexity index is 638. The molecule has 1 N–H and O–H groups in total. The number of phenolic OH excluding ortho intramolecular Hbond substituents is 1. The van der Waals surface area contributed by atoms with Gasteiger partial charge in [0.05, 0.1) is 0 Å². The van der Waals surface area contributed by atoms with Gasteiger partial charge in [0.2, 0.25) is 0 Å². The summed E-state index contributed by atoms with van der Waals surface area (Å²) < 4.78 is 0. The van der Waals surface area contributed by atoms with Crippen LogP contribution in [0, 0.1) is 40.5 Å². The van der Waals surface area contributed by atoms with Gasteiger partial charge in [-0.05, 0) is 62.8 Å². The fourth-order valence-electron chi connectivity index (χ4n) is 3.51. The van der Waals surface area contributed by atoms with Crippen molar-refractivity contribution in [3.8, 4) is 5.75 Å². The summed E-state index contributed by atoms with van der Waals surface area (Å²) in [5.74, 6) is 1.09. The van der Waals surface area contributed by atoms with Crippen LogP contribution in [-0.4, -0.2) is 5.11 Å². The average Bonchev–Trinajstić information content (AvgIpc) is 2.40. The third kappa shape index (κ3) is 3.04. The summed E-state index contributed by atoms with van der Waals surface area (Å²) in [7, 11) is 0. The molecule has 0 heterocycles. The van der Waals surface area contributed by atoms with Crippen molar-refractivity contribution in [1.29, 1.82) is 0 Å². The van der Waals surface area contributed by atoms with Crippen molar-refractivity contribution < 1.29 is 5.11 Å². The van der Waals surface area contributed by atoms with Gasteiger partial charge < -0.3 is 5.11 Å². The fraction of sp³-hybridized carbons (Fsp3) is 0.429. The molecule has 1 unspecified atom stereocenters. The van der Waals surface area contributed by atoms with E-state index in [-0.39, 0.29) is 5.92 Å². The Morgan fingerprint density at radius 3 is 1.77 bits per heavy atom. The predicted octanol–water partition coefficient (Wildman–Crippen LogP) is 5.72. The Morgan fingerprint density at radius 1 is 0.727 bits per heavy atom. The number of rotatable bonds is 3. The zero-order chi connectivity index (χ0) is 16.6. The number of hydrogen-bond donors (Lipinski definition) is 1. The second-order valence-corrected chi connectivity index (χ2v) is 7.04. The average molecular weight is 296 g/mol. The Hall–Kier alpha value is -1.76. The van der Waals surface area contributed by atoms with Crippen LogP contribution in [0.2, 0.25) is 0 Å². The molecule has 1 heteroatoms. The van der Waals surface area contributed by atoms with Crippen LogP contribution in [0.4, 0.5) is 0 Å². The SMILES string of the molecule is Cc1cc(C)c(C)c(C(c2cc(C)cc(C)c2O)C(C)C)c1. The summed E-state index contributed by atoms with van der Waals surface area (Å²) in [6.07, 6.45) is 0. The molecule has 1 atom stereocenters. The van der Waals surface area contributed by atoms with Crippen LogP contribution in [0.3, 0.4) is 0 Å². The van der Waals surface area contributed by atoms with Crippen molar-refractivity contribution in [3.63, 3.8) is 0 Å². The van der Waals surface area contributed by atoms with Crippen molar-refractivity contribution in [2.24, 2.45) is 5.92 Å². The van der Waals surface area contributed by atoms with Crippen LogP contribution in [0.1, 0.15) is 58.7 Å². The monoisotopic (exact) mass is 296 g/mol. The van der Waals surface area contributed by atoms with E-state index in [0.29, 0.717) is 11.7 Å². The lowest BCUT2D eigenvalue weighted by Gasteiger charge is -2.27. The van der Waals surface area contributed by atoms with Crippen molar-refractivity contribution in [2.75, 3.05) is 0 Å². The highest BCUT2D eigenvalue weighted by molar-refractivity contribution is 5.51. The van der Waals surface area contributed by atoms with Gasteiger partial charge in [-0.25, -0.2) is 0 Å². The summed E-state index contributed by atoms with van der Waals surface area (Å²) in [6, 6.07) is 8.70. The summed E-state index contributed by atoms with van der Waals surface area (Å²) >= 11 is 0. The zero-order valence-corrected chi connectivity index (χ0v) is 14.9. The minimum absolute atomic E-state index is 0.220. The van der Waals surface area contributed by atoms with Crippen LogP contribution >= 0.6 is 0 Å². The van der Waals surface area contributed by atoms with E-state index in [1.807, 2.05) is 13.0 Å². The molecular formula is C21H28O. The van der Waals surface area contributed by atoms with Crippen LogP contribution in [0.15, 0.2) is 24.3 Å². The van der Waals surface area contributed by atoms with Gasteiger partial charge in [0.1, 0.15) is 5.75 Å². The minimum Gasteiger partial charge on any atom is -0.507 e. The van der Waals surface area contributed by atoms with Gasteiger partial charge in [-0.2, -0.15) is 0 Å². The molecule has 2 rings (SSSR count). The summed E-state index contributed by atoms with van der Waals surface area (Å²) in [5, 5.41) is 10.6. The summed E-state index contributed by atoms with van der Waals surface area (Å²) in [4.78, 5) is 0. The van der Waals surface area contributed by atoms with Crippen molar-refractivity contribution in [3.05, 3.63) is 63.2 Å². The van der Waals surface area contributed by atoms with E-state index in [0.717, 1.165) is 11.1 Å². The largest absolute Gasteiger partial charge is 0.507 e. The third-order valence-electron chi connectivity index (χ3n) is 4.66. The number of hydrogen-bond acceptors (Lipinski definition) is 1. The topological polar surface area (TPSA) is 20.2 Å². The maximum atomic E-state index is 10.6. The molecule has 0 amide bonds. The van der Waals surface area contributed by atoms with Gasteiger partial charge in [0.25, 0.3) is 0 Å². The maximum Gasteiger partial charge on any atom is 0.122 e. The number of phenols is 1. The van der Waals surface area contributed by atoms with E-state index in [9.17, 15) is 5.11 Å². The smallest absolute Gasteiger partial charge is 0.122 e. The first-order valence-electron chi connectivity index (χ1n) is 8.10. The van der Waals surface area contributed by atoms with Crippen molar-refractivity contribution >= 4 is 0 Å². The highest BCUT2D eigenvalue weighted by Gasteiger charge is 2.24. The van der Waals surface area contributed by atoms with E-state index in [1.165, 1.54) is 27.8 Å². The van der Waals surface area contributed by atoms with Crippen LogP contribution in [0.25, 0.3) is 0 Å². The minimum atomic E-state index is 0.220. The molecule has 0 radical (unpaired) electrons. The lowest BCUT2D eigenvalue weighted by molar-refractivity contribution is 0.447. The Morgan fingerprint density at radius 2 is 1.23 bits per heavy atom. The second kappa shape index (κ2) is 6.16. The first kappa shape index (κ1) is 16.6. The molecule has 0 aliphatic carbocycles. The third-order valence-corrected chi connectivity index (χ3v) is 4.66. The zero-order valence-electron chi connectivity index (χ0n) is 14.9. The van der Waals surface area contributed by atoms with E-state index >= 15 is 0 Å². The molecule has 0 saturated heterocycles. The van der Waals surface area contributed by atoms with E-state index in [1.54, 1.807) is 0 Å². The highest BCUT2D eigenvalue weighted by Crippen LogP contribution is 2.40. The van der Waals surface area contributed by atoms with E-state index < -0.39 is 0 Å². The molecule has 0 spiro atoms. The molecule has 0 saturated carbocycles. The van der Waals surface area contributed by atoms with Crippen molar-refractivity contribution in [2.45, 2.75) is 54.4 Å².